The van der Waals surface area contributed by atoms with Crippen LogP contribution in [0, 0.1) is 11.3 Å². The number of hydrogen-bond donors (Lipinski definition) is 1. The van der Waals surface area contributed by atoms with E-state index in [0.717, 1.165) is 72.1 Å². The maximum absolute atomic E-state index is 13.1. The van der Waals surface area contributed by atoms with Crippen LogP contribution in [-0.4, -0.2) is 59.5 Å². The van der Waals surface area contributed by atoms with Crippen LogP contribution in [0.2, 0.25) is 0 Å². The molecule has 6 nitrogen and oxygen atoms in total. The minimum absolute atomic E-state index is 0.123. The van der Waals surface area contributed by atoms with E-state index in [1.807, 2.05) is 35.2 Å². The molecule has 1 aliphatic rings. The third-order valence-electron chi connectivity index (χ3n) is 7.08. The average Bonchev–Trinajstić information content (AvgIpc) is 2.92. The first-order chi connectivity index (χ1) is 17.5. The Balaban J connectivity index is 1.24. The molecular formula is C30H31N5O. The number of carbonyl (C=O) groups is 1. The second kappa shape index (κ2) is 10.3. The van der Waals surface area contributed by atoms with Gasteiger partial charge in [0.1, 0.15) is 0 Å². The zero-order valence-electron chi connectivity index (χ0n) is 20.9. The lowest BCUT2D eigenvalue weighted by molar-refractivity contribution is 0.0595. The third-order valence-corrected chi connectivity index (χ3v) is 7.08. The van der Waals surface area contributed by atoms with Crippen LogP contribution in [0.3, 0.4) is 0 Å². The van der Waals surface area contributed by atoms with Crippen molar-refractivity contribution in [2.75, 3.05) is 38.0 Å². The molecule has 0 bridgehead atoms. The molecular weight excluding hydrogens is 446 g/mol. The van der Waals surface area contributed by atoms with E-state index in [1.54, 1.807) is 12.3 Å². The summed E-state index contributed by atoms with van der Waals surface area (Å²) in [5.74, 6) is 0.123. The van der Waals surface area contributed by atoms with Crippen LogP contribution in [0.25, 0.3) is 21.7 Å². The molecule has 0 aliphatic carbocycles. The highest BCUT2D eigenvalue weighted by molar-refractivity contribution is 5.98. The number of hydrogen-bond acceptors (Lipinski definition) is 5. The molecule has 36 heavy (non-hydrogen) atoms. The van der Waals surface area contributed by atoms with Crippen LogP contribution in [0.5, 0.6) is 0 Å². The zero-order valence-corrected chi connectivity index (χ0v) is 20.9. The number of fused-ring (bicyclic) bond motifs is 2. The van der Waals surface area contributed by atoms with Crippen LogP contribution in [-0.2, 0) is 6.42 Å². The van der Waals surface area contributed by atoms with E-state index in [9.17, 15) is 10.1 Å². The fourth-order valence-electron chi connectivity index (χ4n) is 4.92. The number of aromatic nitrogens is 1. The number of carbonyl (C=O) groups excluding carboxylic acids is 1. The third kappa shape index (κ3) is 5.02. The summed E-state index contributed by atoms with van der Waals surface area (Å²) in [6.45, 7) is 8.61. The number of anilines is 1. The number of rotatable bonds is 6. The van der Waals surface area contributed by atoms with Gasteiger partial charge in [0.15, 0.2) is 0 Å². The van der Waals surface area contributed by atoms with E-state index >= 15 is 0 Å². The summed E-state index contributed by atoms with van der Waals surface area (Å²) in [5.41, 5.74) is 4.47. The molecule has 4 aromatic rings. The van der Waals surface area contributed by atoms with E-state index in [2.05, 4.69) is 59.4 Å². The van der Waals surface area contributed by atoms with E-state index in [-0.39, 0.29) is 5.91 Å². The normalized spacial score (nSPS) is 14.3. The molecule has 1 aromatic heterocycles. The number of pyridine rings is 1. The fourth-order valence-corrected chi connectivity index (χ4v) is 4.92. The van der Waals surface area contributed by atoms with Crippen LogP contribution >= 0.6 is 0 Å². The second-order valence-corrected chi connectivity index (χ2v) is 9.70. The van der Waals surface area contributed by atoms with Gasteiger partial charge >= 0.3 is 0 Å². The number of amides is 1. The standard InChI is InChI=1S/C30H31N5O/c1-21(2)34-13-15-35(16-14-34)30(36)26-7-6-24-17-22(3-5-25(24)19-26)9-11-32-29-10-12-33-28-8-4-23(20-31)18-27(28)29/h3-8,10,12,17-19,21H,9,11,13-16H2,1-2H3,(H,32,33). The molecule has 6 heteroatoms. The molecule has 5 rings (SSSR count). The number of nitrogens with one attached hydrogen (secondary N) is 1. The molecule has 0 radical (unpaired) electrons. The van der Waals surface area contributed by atoms with Gasteiger partial charge in [-0.1, -0.05) is 24.3 Å². The lowest BCUT2D eigenvalue weighted by Crippen LogP contribution is -2.50. The van der Waals surface area contributed by atoms with Crippen molar-refractivity contribution in [2.45, 2.75) is 26.3 Å². The smallest absolute Gasteiger partial charge is 0.253 e. The largest absolute Gasteiger partial charge is 0.384 e. The van der Waals surface area contributed by atoms with Gasteiger partial charge in [0.2, 0.25) is 0 Å². The summed E-state index contributed by atoms with van der Waals surface area (Å²) >= 11 is 0. The Morgan fingerprint density at radius 1 is 1.00 bits per heavy atom. The lowest BCUT2D eigenvalue weighted by atomic mass is 10.0. The highest BCUT2D eigenvalue weighted by atomic mass is 16.2. The SMILES string of the molecule is CC(C)N1CCN(C(=O)c2ccc3cc(CCNc4ccnc5ccc(C#N)cc45)ccc3c2)CC1. The molecule has 0 saturated carbocycles. The van der Waals surface area contributed by atoms with Crippen LogP contribution in [0.15, 0.2) is 66.9 Å². The van der Waals surface area contributed by atoms with Gasteiger partial charge < -0.3 is 10.2 Å². The van der Waals surface area contributed by atoms with Gasteiger partial charge in [0.25, 0.3) is 5.91 Å². The summed E-state index contributed by atoms with van der Waals surface area (Å²) < 4.78 is 0. The summed E-state index contributed by atoms with van der Waals surface area (Å²) in [6, 6.07) is 22.7. The minimum Gasteiger partial charge on any atom is -0.384 e. The maximum Gasteiger partial charge on any atom is 0.253 e. The van der Waals surface area contributed by atoms with Gasteiger partial charge in [-0.05, 0) is 73.0 Å². The quantitative estimate of drug-likeness (QED) is 0.419. The Morgan fingerprint density at radius 2 is 1.78 bits per heavy atom. The van der Waals surface area contributed by atoms with E-state index in [1.165, 1.54) is 5.56 Å². The lowest BCUT2D eigenvalue weighted by Gasteiger charge is -2.37. The molecule has 3 aromatic carbocycles. The van der Waals surface area contributed by atoms with E-state index in [4.69, 9.17) is 0 Å². The van der Waals surface area contributed by atoms with Crippen molar-refractivity contribution in [3.05, 3.63) is 83.6 Å². The first-order valence-electron chi connectivity index (χ1n) is 12.6. The van der Waals surface area contributed by atoms with E-state index in [0.29, 0.717) is 11.6 Å². The topological polar surface area (TPSA) is 72.3 Å². The van der Waals surface area contributed by atoms with Crippen molar-refractivity contribution >= 4 is 33.3 Å². The van der Waals surface area contributed by atoms with Gasteiger partial charge in [0.05, 0.1) is 17.1 Å². The molecule has 2 heterocycles. The fraction of sp³-hybridized carbons (Fsp3) is 0.300. The molecule has 0 atom stereocenters. The van der Waals surface area contributed by atoms with Crippen LogP contribution < -0.4 is 5.32 Å². The van der Waals surface area contributed by atoms with E-state index < -0.39 is 0 Å². The average molecular weight is 478 g/mol. The van der Waals surface area contributed by atoms with Crippen molar-refractivity contribution in [2.24, 2.45) is 0 Å². The summed E-state index contributed by atoms with van der Waals surface area (Å²) in [7, 11) is 0. The van der Waals surface area contributed by atoms with Gasteiger partial charge in [-0.3, -0.25) is 14.7 Å². The number of nitrogens with zero attached hydrogens (tertiary/aromatic N) is 4. The molecule has 182 valence electrons. The Kier molecular flexibility index (Phi) is 6.84. The van der Waals surface area contributed by atoms with Gasteiger partial charge in [-0.2, -0.15) is 5.26 Å². The van der Waals surface area contributed by atoms with Gasteiger partial charge in [-0.25, -0.2) is 0 Å². The molecule has 1 fully saturated rings. The minimum atomic E-state index is 0.123. The first-order valence-corrected chi connectivity index (χ1v) is 12.6. The first kappa shape index (κ1) is 23.8. The Morgan fingerprint density at radius 3 is 2.56 bits per heavy atom. The number of piperazine rings is 1. The predicted octanol–water partition coefficient (Wildman–Crippen LogP) is 5.08. The summed E-state index contributed by atoms with van der Waals surface area (Å²) in [6.07, 6.45) is 2.65. The van der Waals surface area contributed by atoms with Crippen molar-refractivity contribution in [3.8, 4) is 6.07 Å². The van der Waals surface area contributed by atoms with Gasteiger partial charge in [-0.15, -0.1) is 0 Å². The van der Waals surface area contributed by atoms with Crippen molar-refractivity contribution in [1.82, 2.24) is 14.8 Å². The Labute approximate surface area is 212 Å². The highest BCUT2D eigenvalue weighted by Crippen LogP contribution is 2.24. The number of benzene rings is 3. The predicted molar refractivity (Wildman–Crippen MR) is 145 cm³/mol. The van der Waals surface area contributed by atoms with Crippen molar-refractivity contribution in [3.63, 3.8) is 0 Å². The highest BCUT2D eigenvalue weighted by Gasteiger charge is 2.23. The Hall–Kier alpha value is -3.95. The molecule has 0 spiro atoms. The van der Waals surface area contributed by atoms with Crippen molar-refractivity contribution in [1.29, 1.82) is 5.26 Å². The monoisotopic (exact) mass is 477 g/mol. The molecule has 1 amide bonds. The Bertz CT molecular complexity index is 1450. The van der Waals surface area contributed by atoms with Gasteiger partial charge in [0, 0.05) is 61.6 Å². The molecule has 1 aliphatic heterocycles. The summed E-state index contributed by atoms with van der Waals surface area (Å²) in [4.78, 5) is 21.9. The zero-order chi connectivity index (χ0) is 25.1. The second-order valence-electron chi connectivity index (χ2n) is 9.70. The van der Waals surface area contributed by atoms with Crippen LogP contribution in [0.4, 0.5) is 5.69 Å². The maximum atomic E-state index is 13.1. The molecule has 1 N–H and O–H groups in total. The number of nitriles is 1. The van der Waals surface area contributed by atoms with Crippen molar-refractivity contribution < 1.29 is 4.79 Å². The summed E-state index contributed by atoms with van der Waals surface area (Å²) in [5, 5.41) is 15.9. The molecule has 0 unspecified atom stereocenters. The molecule has 1 saturated heterocycles. The van der Waals surface area contributed by atoms with Crippen LogP contribution in [0.1, 0.15) is 35.3 Å².